The molecule has 0 radical (unpaired) electrons. The highest BCUT2D eigenvalue weighted by atomic mass is 16.3. The number of aromatic nitrogens is 4. The van der Waals surface area contributed by atoms with Gasteiger partial charge in [0.2, 0.25) is 0 Å². The lowest BCUT2D eigenvalue weighted by Gasteiger charge is -2.32. The van der Waals surface area contributed by atoms with Crippen LogP contribution in [0.25, 0.3) is 16.9 Å². The molecule has 0 bridgehead atoms. The Labute approximate surface area is 181 Å². The van der Waals surface area contributed by atoms with Crippen LogP contribution in [0.5, 0.6) is 5.75 Å². The van der Waals surface area contributed by atoms with Crippen molar-refractivity contribution in [3.05, 3.63) is 90.4 Å². The minimum absolute atomic E-state index is 0.279. The van der Waals surface area contributed by atoms with E-state index in [4.69, 9.17) is 0 Å². The van der Waals surface area contributed by atoms with Gasteiger partial charge in [-0.05, 0) is 67.7 Å². The number of nitrogens with zero attached hydrogens (tertiary/aromatic N) is 5. The highest BCUT2D eigenvalue weighted by Crippen LogP contribution is 2.37. The van der Waals surface area contributed by atoms with Gasteiger partial charge in [0.05, 0.1) is 23.3 Å². The third-order valence-corrected chi connectivity index (χ3v) is 5.97. The summed E-state index contributed by atoms with van der Waals surface area (Å²) in [5.74, 6) is 0.709. The van der Waals surface area contributed by atoms with Crippen molar-refractivity contribution in [2.75, 3.05) is 13.1 Å². The third-order valence-electron chi connectivity index (χ3n) is 5.97. The van der Waals surface area contributed by atoms with Gasteiger partial charge < -0.3 is 5.11 Å². The van der Waals surface area contributed by atoms with Crippen molar-refractivity contribution in [1.82, 2.24) is 24.9 Å². The molecule has 1 fully saturated rings. The summed E-state index contributed by atoms with van der Waals surface area (Å²) in [5.41, 5.74) is 4.92. The van der Waals surface area contributed by atoms with Crippen molar-refractivity contribution >= 4 is 0 Å². The standard InChI is InChI=1S/C25H25N5O/c31-24-11-5-4-9-23(24)25-22(10-6-14-26-25)19-12-15-29(16-13-19)17-20-18-30(28-27-20)21-7-2-1-3-8-21/h1-11,14,18-19,31H,12-13,15-17H2. The summed E-state index contributed by atoms with van der Waals surface area (Å²) in [5, 5.41) is 19.0. The number of phenolic OH excluding ortho intramolecular Hbond substituents is 1. The Bertz CT molecular complexity index is 1150. The van der Waals surface area contributed by atoms with E-state index >= 15 is 0 Å². The number of benzene rings is 2. The van der Waals surface area contributed by atoms with E-state index < -0.39 is 0 Å². The lowest BCUT2D eigenvalue weighted by atomic mass is 9.86. The Balaban J connectivity index is 1.26. The fourth-order valence-electron chi connectivity index (χ4n) is 4.36. The van der Waals surface area contributed by atoms with Crippen LogP contribution in [0.15, 0.2) is 79.1 Å². The molecule has 156 valence electrons. The van der Waals surface area contributed by atoms with Crippen LogP contribution in [0.3, 0.4) is 0 Å². The van der Waals surface area contributed by atoms with Crippen LogP contribution in [-0.2, 0) is 6.54 Å². The van der Waals surface area contributed by atoms with Crippen LogP contribution in [0, 0.1) is 0 Å². The van der Waals surface area contributed by atoms with Crippen molar-refractivity contribution in [2.45, 2.75) is 25.3 Å². The van der Waals surface area contributed by atoms with Crippen molar-refractivity contribution in [2.24, 2.45) is 0 Å². The molecule has 6 nitrogen and oxygen atoms in total. The predicted octanol–water partition coefficient (Wildman–Crippen LogP) is 4.41. The Morgan fingerprint density at radius 1 is 0.903 bits per heavy atom. The molecule has 0 unspecified atom stereocenters. The van der Waals surface area contributed by atoms with Crippen LogP contribution in [0.1, 0.15) is 30.0 Å². The minimum Gasteiger partial charge on any atom is -0.507 e. The number of likely N-dealkylation sites (tertiary alicyclic amines) is 1. The van der Waals surface area contributed by atoms with Gasteiger partial charge in [-0.15, -0.1) is 5.10 Å². The van der Waals surface area contributed by atoms with E-state index in [9.17, 15) is 5.11 Å². The Hall–Kier alpha value is -3.51. The molecule has 1 aliphatic rings. The highest BCUT2D eigenvalue weighted by Gasteiger charge is 2.24. The molecule has 0 atom stereocenters. The zero-order valence-electron chi connectivity index (χ0n) is 17.3. The molecule has 3 heterocycles. The molecule has 2 aromatic heterocycles. The molecular formula is C25H25N5O. The normalized spacial score (nSPS) is 15.2. The number of pyridine rings is 1. The fourth-order valence-corrected chi connectivity index (χ4v) is 4.36. The highest BCUT2D eigenvalue weighted by molar-refractivity contribution is 5.70. The summed E-state index contributed by atoms with van der Waals surface area (Å²) in [7, 11) is 0. The van der Waals surface area contributed by atoms with E-state index in [1.165, 1.54) is 5.56 Å². The number of piperidine rings is 1. The smallest absolute Gasteiger partial charge is 0.124 e. The van der Waals surface area contributed by atoms with Gasteiger partial charge in [0.25, 0.3) is 0 Å². The van der Waals surface area contributed by atoms with Gasteiger partial charge >= 0.3 is 0 Å². The van der Waals surface area contributed by atoms with Gasteiger partial charge in [-0.1, -0.05) is 41.6 Å². The quantitative estimate of drug-likeness (QED) is 0.527. The third kappa shape index (κ3) is 4.20. The Morgan fingerprint density at radius 3 is 2.48 bits per heavy atom. The first-order valence-corrected chi connectivity index (χ1v) is 10.7. The van der Waals surface area contributed by atoms with E-state index in [1.54, 1.807) is 12.3 Å². The average Bonchev–Trinajstić information content (AvgIpc) is 3.29. The first-order chi connectivity index (χ1) is 15.3. The maximum Gasteiger partial charge on any atom is 0.124 e. The molecule has 0 aliphatic carbocycles. The predicted molar refractivity (Wildman–Crippen MR) is 120 cm³/mol. The average molecular weight is 412 g/mol. The van der Waals surface area contributed by atoms with Crippen molar-refractivity contribution < 1.29 is 5.11 Å². The number of hydrogen-bond acceptors (Lipinski definition) is 5. The second-order valence-corrected chi connectivity index (χ2v) is 8.00. The van der Waals surface area contributed by atoms with Gasteiger partial charge in [-0.2, -0.15) is 0 Å². The summed E-state index contributed by atoms with van der Waals surface area (Å²) in [6, 6.07) is 21.6. The fraction of sp³-hybridized carbons (Fsp3) is 0.240. The molecule has 4 aromatic rings. The molecule has 1 saturated heterocycles. The van der Waals surface area contributed by atoms with E-state index in [-0.39, 0.29) is 5.75 Å². The molecule has 0 saturated carbocycles. The zero-order chi connectivity index (χ0) is 21.0. The van der Waals surface area contributed by atoms with Crippen molar-refractivity contribution in [3.8, 4) is 22.7 Å². The van der Waals surface area contributed by atoms with E-state index in [1.807, 2.05) is 65.5 Å². The van der Waals surface area contributed by atoms with E-state index in [0.29, 0.717) is 5.92 Å². The largest absolute Gasteiger partial charge is 0.507 e. The Kier molecular flexibility index (Phi) is 5.46. The van der Waals surface area contributed by atoms with Crippen molar-refractivity contribution in [1.29, 1.82) is 0 Å². The lowest BCUT2D eigenvalue weighted by Crippen LogP contribution is -2.32. The molecule has 31 heavy (non-hydrogen) atoms. The molecule has 0 amide bonds. The van der Waals surface area contributed by atoms with E-state index in [2.05, 4.69) is 26.3 Å². The number of rotatable bonds is 5. The second-order valence-electron chi connectivity index (χ2n) is 8.00. The number of aromatic hydroxyl groups is 1. The lowest BCUT2D eigenvalue weighted by molar-refractivity contribution is 0.202. The van der Waals surface area contributed by atoms with Gasteiger partial charge in [0, 0.05) is 18.3 Å². The van der Waals surface area contributed by atoms with Crippen molar-refractivity contribution in [3.63, 3.8) is 0 Å². The summed E-state index contributed by atoms with van der Waals surface area (Å²) in [6.07, 6.45) is 5.92. The zero-order valence-corrected chi connectivity index (χ0v) is 17.3. The monoisotopic (exact) mass is 411 g/mol. The Morgan fingerprint density at radius 2 is 1.68 bits per heavy atom. The van der Waals surface area contributed by atoms with E-state index in [0.717, 1.165) is 55.1 Å². The number of hydrogen-bond donors (Lipinski definition) is 1. The summed E-state index contributed by atoms with van der Waals surface area (Å²) < 4.78 is 1.83. The SMILES string of the molecule is Oc1ccccc1-c1ncccc1C1CCN(Cc2cn(-c3ccccc3)nn2)CC1. The summed E-state index contributed by atoms with van der Waals surface area (Å²) in [4.78, 5) is 7.05. The number of phenols is 1. The van der Waals surface area contributed by atoms with Crippen LogP contribution in [0.2, 0.25) is 0 Å². The van der Waals surface area contributed by atoms with Crippen LogP contribution < -0.4 is 0 Å². The first-order valence-electron chi connectivity index (χ1n) is 10.7. The van der Waals surface area contributed by atoms with Gasteiger partial charge in [-0.25, -0.2) is 4.68 Å². The maximum atomic E-state index is 10.3. The molecule has 5 rings (SSSR count). The first kappa shape index (κ1) is 19.5. The van der Waals surface area contributed by atoms with Crippen LogP contribution >= 0.6 is 0 Å². The molecule has 1 aliphatic heterocycles. The molecule has 2 aromatic carbocycles. The van der Waals surface area contributed by atoms with Gasteiger partial charge in [0.1, 0.15) is 5.75 Å². The van der Waals surface area contributed by atoms with Gasteiger partial charge in [-0.3, -0.25) is 9.88 Å². The molecule has 6 heteroatoms. The summed E-state index contributed by atoms with van der Waals surface area (Å²) >= 11 is 0. The van der Waals surface area contributed by atoms with Crippen LogP contribution in [0.4, 0.5) is 0 Å². The number of para-hydroxylation sites is 2. The molecular weight excluding hydrogens is 386 g/mol. The molecule has 0 spiro atoms. The van der Waals surface area contributed by atoms with Crippen LogP contribution in [-0.4, -0.2) is 43.1 Å². The van der Waals surface area contributed by atoms with Gasteiger partial charge in [0.15, 0.2) is 0 Å². The minimum atomic E-state index is 0.279. The summed E-state index contributed by atoms with van der Waals surface area (Å²) in [6.45, 7) is 2.80. The topological polar surface area (TPSA) is 67.1 Å². The second kappa shape index (κ2) is 8.70. The maximum absolute atomic E-state index is 10.3. The molecule has 1 N–H and O–H groups in total.